The van der Waals surface area contributed by atoms with E-state index in [1.54, 1.807) is 19.1 Å². The molecular formula is C16H23F2N. The summed E-state index contributed by atoms with van der Waals surface area (Å²) in [5.41, 5.74) is 0.948. The second-order valence-electron chi connectivity index (χ2n) is 5.61. The molecular weight excluding hydrogens is 244 g/mol. The van der Waals surface area contributed by atoms with Crippen LogP contribution in [0.2, 0.25) is 0 Å². The van der Waals surface area contributed by atoms with E-state index in [2.05, 4.69) is 12.2 Å². The molecule has 1 aromatic carbocycles. The van der Waals surface area contributed by atoms with Gasteiger partial charge in [0.15, 0.2) is 11.6 Å². The van der Waals surface area contributed by atoms with Crippen molar-refractivity contribution in [1.29, 1.82) is 0 Å². The molecule has 1 saturated carbocycles. The van der Waals surface area contributed by atoms with Gasteiger partial charge in [0.1, 0.15) is 0 Å². The van der Waals surface area contributed by atoms with Crippen molar-refractivity contribution >= 4 is 0 Å². The molecule has 106 valence electrons. The molecule has 3 heteroatoms. The van der Waals surface area contributed by atoms with Crippen LogP contribution >= 0.6 is 0 Å². The molecule has 0 bridgehead atoms. The van der Waals surface area contributed by atoms with Crippen LogP contribution in [0.15, 0.2) is 12.1 Å². The zero-order chi connectivity index (χ0) is 13.8. The number of hydrogen-bond acceptors (Lipinski definition) is 1. The number of aryl methyl sites for hydroxylation is 1. The molecule has 1 aromatic rings. The summed E-state index contributed by atoms with van der Waals surface area (Å²) < 4.78 is 27.7. The predicted octanol–water partition coefficient (Wildman–Crippen LogP) is 4.30. The van der Waals surface area contributed by atoms with Crippen LogP contribution in [0.1, 0.15) is 56.1 Å². The van der Waals surface area contributed by atoms with Gasteiger partial charge in [-0.1, -0.05) is 25.5 Å². The van der Waals surface area contributed by atoms with Gasteiger partial charge >= 0.3 is 0 Å². The summed E-state index contributed by atoms with van der Waals surface area (Å²) in [5, 5.41) is 3.50. The quantitative estimate of drug-likeness (QED) is 0.857. The molecule has 2 atom stereocenters. The Morgan fingerprint density at radius 2 is 2.00 bits per heavy atom. The number of halogens is 2. The third kappa shape index (κ3) is 3.33. The minimum Gasteiger partial charge on any atom is -0.314 e. The Bertz CT molecular complexity index is 431. The van der Waals surface area contributed by atoms with Crippen LogP contribution in [0, 0.1) is 18.6 Å². The molecule has 0 aromatic heterocycles. The number of benzene rings is 1. The van der Waals surface area contributed by atoms with E-state index < -0.39 is 11.6 Å². The smallest absolute Gasteiger partial charge is 0.162 e. The van der Waals surface area contributed by atoms with Gasteiger partial charge in [0.05, 0.1) is 0 Å². The molecule has 1 N–H and O–H groups in total. The van der Waals surface area contributed by atoms with Crippen LogP contribution < -0.4 is 5.32 Å². The van der Waals surface area contributed by atoms with Gasteiger partial charge < -0.3 is 5.32 Å². The lowest BCUT2D eigenvalue weighted by Gasteiger charge is -2.30. The molecule has 2 rings (SSSR count). The summed E-state index contributed by atoms with van der Waals surface area (Å²) in [6, 6.07) is 3.90. The Morgan fingerprint density at radius 1 is 1.21 bits per heavy atom. The minimum absolute atomic E-state index is 0.151. The van der Waals surface area contributed by atoms with Crippen molar-refractivity contribution < 1.29 is 8.78 Å². The van der Waals surface area contributed by atoms with E-state index >= 15 is 0 Å². The second-order valence-corrected chi connectivity index (χ2v) is 5.61. The lowest BCUT2D eigenvalue weighted by atomic mass is 9.81. The molecule has 0 spiro atoms. The summed E-state index contributed by atoms with van der Waals surface area (Å²) in [7, 11) is 0. The highest BCUT2D eigenvalue weighted by Gasteiger charge is 2.26. The maximum Gasteiger partial charge on any atom is 0.162 e. The van der Waals surface area contributed by atoms with Crippen LogP contribution in [0.3, 0.4) is 0 Å². The van der Waals surface area contributed by atoms with E-state index in [0.717, 1.165) is 38.6 Å². The lowest BCUT2D eigenvalue weighted by molar-refractivity contribution is 0.332. The van der Waals surface area contributed by atoms with E-state index in [0.29, 0.717) is 17.2 Å². The molecule has 19 heavy (non-hydrogen) atoms. The minimum atomic E-state index is -0.679. The highest BCUT2D eigenvalue weighted by Crippen LogP contribution is 2.35. The molecule has 0 saturated heterocycles. The third-order valence-corrected chi connectivity index (χ3v) is 4.10. The maximum absolute atomic E-state index is 14.0. The Labute approximate surface area is 114 Å². The van der Waals surface area contributed by atoms with E-state index in [-0.39, 0.29) is 5.92 Å². The van der Waals surface area contributed by atoms with Crippen molar-refractivity contribution in [3.05, 3.63) is 34.9 Å². The number of nitrogens with one attached hydrogen (secondary N) is 1. The first-order valence-corrected chi connectivity index (χ1v) is 7.31. The Kier molecular flexibility index (Phi) is 4.92. The molecule has 0 radical (unpaired) electrons. The van der Waals surface area contributed by atoms with Gasteiger partial charge in [0.2, 0.25) is 0 Å². The van der Waals surface area contributed by atoms with Crippen molar-refractivity contribution in [3.8, 4) is 0 Å². The summed E-state index contributed by atoms with van der Waals surface area (Å²) in [6.07, 6.45) is 5.21. The molecule has 1 aliphatic rings. The normalized spacial score (nSPS) is 23.6. The van der Waals surface area contributed by atoms with Gasteiger partial charge in [-0.2, -0.15) is 0 Å². The zero-order valence-electron chi connectivity index (χ0n) is 11.8. The topological polar surface area (TPSA) is 12.0 Å². The van der Waals surface area contributed by atoms with Crippen molar-refractivity contribution in [2.24, 2.45) is 0 Å². The largest absolute Gasteiger partial charge is 0.314 e. The van der Waals surface area contributed by atoms with Crippen molar-refractivity contribution in [3.63, 3.8) is 0 Å². The van der Waals surface area contributed by atoms with Crippen LogP contribution in [-0.2, 0) is 0 Å². The number of hydrogen-bond donors (Lipinski definition) is 1. The summed E-state index contributed by atoms with van der Waals surface area (Å²) >= 11 is 0. The third-order valence-electron chi connectivity index (χ3n) is 4.10. The summed E-state index contributed by atoms with van der Waals surface area (Å²) in [4.78, 5) is 0. The first-order chi connectivity index (χ1) is 9.13. The van der Waals surface area contributed by atoms with Crippen LogP contribution in [-0.4, -0.2) is 12.6 Å². The Morgan fingerprint density at radius 3 is 2.74 bits per heavy atom. The molecule has 1 nitrogen and oxygen atoms in total. The summed E-state index contributed by atoms with van der Waals surface area (Å²) in [5.74, 6) is -1.17. The van der Waals surface area contributed by atoms with Crippen LogP contribution in [0.4, 0.5) is 8.78 Å². The molecule has 0 amide bonds. The van der Waals surface area contributed by atoms with E-state index in [9.17, 15) is 8.78 Å². The average Bonchev–Trinajstić information content (AvgIpc) is 2.43. The monoisotopic (exact) mass is 267 g/mol. The Balaban J connectivity index is 2.11. The molecule has 1 fully saturated rings. The second kappa shape index (κ2) is 6.47. The maximum atomic E-state index is 14.0. The van der Waals surface area contributed by atoms with Crippen LogP contribution in [0.5, 0.6) is 0 Å². The van der Waals surface area contributed by atoms with E-state index in [1.165, 1.54) is 0 Å². The van der Waals surface area contributed by atoms with Gasteiger partial charge in [-0.25, -0.2) is 8.78 Å². The highest BCUT2D eigenvalue weighted by molar-refractivity contribution is 5.28. The van der Waals surface area contributed by atoms with Crippen LogP contribution in [0.25, 0.3) is 0 Å². The van der Waals surface area contributed by atoms with Crippen molar-refractivity contribution in [2.45, 2.75) is 57.9 Å². The van der Waals surface area contributed by atoms with Gasteiger partial charge in [0.25, 0.3) is 0 Å². The predicted molar refractivity (Wildman–Crippen MR) is 74.4 cm³/mol. The zero-order valence-corrected chi connectivity index (χ0v) is 11.8. The highest BCUT2D eigenvalue weighted by atomic mass is 19.2. The number of rotatable bonds is 4. The van der Waals surface area contributed by atoms with Crippen molar-refractivity contribution in [1.82, 2.24) is 5.32 Å². The fourth-order valence-corrected chi connectivity index (χ4v) is 2.98. The lowest BCUT2D eigenvalue weighted by Crippen LogP contribution is -2.34. The van der Waals surface area contributed by atoms with E-state index in [4.69, 9.17) is 0 Å². The van der Waals surface area contributed by atoms with Gasteiger partial charge in [0, 0.05) is 6.04 Å². The van der Waals surface area contributed by atoms with Gasteiger partial charge in [-0.05, 0) is 56.2 Å². The summed E-state index contributed by atoms with van der Waals surface area (Å²) in [6.45, 7) is 4.75. The first-order valence-electron chi connectivity index (χ1n) is 7.31. The van der Waals surface area contributed by atoms with E-state index in [1.807, 2.05) is 0 Å². The van der Waals surface area contributed by atoms with Crippen molar-refractivity contribution in [2.75, 3.05) is 6.54 Å². The molecule has 1 aliphatic carbocycles. The average molecular weight is 267 g/mol. The fraction of sp³-hybridized carbons (Fsp3) is 0.625. The first kappa shape index (κ1) is 14.4. The molecule has 0 heterocycles. The SMILES string of the molecule is CCCNC1CCCC(c2ccc(C)c(F)c2F)C1. The standard InChI is InChI=1S/C16H23F2N/c1-3-9-19-13-6-4-5-12(10-13)14-8-7-11(2)15(17)16(14)18/h7-8,12-13,19H,3-6,9-10H2,1-2H3. The van der Waals surface area contributed by atoms with Gasteiger partial charge in [-0.15, -0.1) is 0 Å². The Hall–Kier alpha value is -0.960. The molecule has 2 unspecified atom stereocenters. The van der Waals surface area contributed by atoms with Gasteiger partial charge in [-0.3, -0.25) is 0 Å². The fourth-order valence-electron chi connectivity index (χ4n) is 2.98. The molecule has 0 aliphatic heterocycles.